The summed E-state index contributed by atoms with van der Waals surface area (Å²) in [6.45, 7) is 9.85. The Balaban J connectivity index is 0.845. The molecule has 2 heterocycles. The van der Waals surface area contributed by atoms with Gasteiger partial charge in [0.2, 0.25) is 11.9 Å². The average Bonchev–Trinajstić information content (AvgIpc) is 3.49. The number of aliphatic hydroxyl groups is 1. The number of amides is 2. The van der Waals surface area contributed by atoms with Gasteiger partial charge in [-0.3, -0.25) is 9.59 Å². The molecule has 0 saturated heterocycles. The van der Waals surface area contributed by atoms with E-state index in [1.54, 1.807) is 25.4 Å². The van der Waals surface area contributed by atoms with Crippen LogP contribution in [0.15, 0.2) is 90.7 Å². The number of nitrogens with zero attached hydrogens (tertiary/aromatic N) is 5. The molecule has 8 rings (SSSR count). The number of allylic oxidation sites excluding steroid dienone is 5. The minimum atomic E-state index is -0.988. The predicted molar refractivity (Wildman–Crippen MR) is 223 cm³/mol. The van der Waals surface area contributed by atoms with Crippen molar-refractivity contribution in [2.75, 3.05) is 30.0 Å². The fourth-order valence-electron chi connectivity index (χ4n) is 10.6. The number of anilines is 3. The normalized spacial score (nSPS) is 27.5. The Bertz CT molecular complexity index is 2290. The molecular formula is C45H53N9O3. The Hall–Kier alpha value is -5.62. The number of benzene rings is 2. The van der Waals surface area contributed by atoms with Crippen LogP contribution < -0.4 is 26.6 Å². The molecule has 296 valence electrons. The molecule has 57 heavy (non-hydrogen) atoms. The molecule has 6 unspecified atom stereocenters. The van der Waals surface area contributed by atoms with E-state index in [-0.39, 0.29) is 35.0 Å². The average molecular weight is 768 g/mol. The van der Waals surface area contributed by atoms with E-state index in [2.05, 4.69) is 69.6 Å². The van der Waals surface area contributed by atoms with Crippen LogP contribution in [0.5, 0.6) is 0 Å². The summed E-state index contributed by atoms with van der Waals surface area (Å²) < 4.78 is 0. The molecule has 3 fully saturated rings. The summed E-state index contributed by atoms with van der Waals surface area (Å²) in [4.78, 5) is 46.5. The highest BCUT2D eigenvalue weighted by Crippen LogP contribution is 2.64. The van der Waals surface area contributed by atoms with Crippen LogP contribution in [0.25, 0.3) is 11.2 Å². The van der Waals surface area contributed by atoms with Crippen molar-refractivity contribution in [1.82, 2.24) is 30.6 Å². The number of carbonyl (C=O) groups excluding carboxylic acids is 2. The van der Waals surface area contributed by atoms with Crippen LogP contribution in [0.2, 0.25) is 0 Å². The number of aromatic nitrogens is 4. The van der Waals surface area contributed by atoms with Crippen molar-refractivity contribution in [2.24, 2.45) is 35.0 Å². The topological polar surface area (TPSA) is 171 Å². The Kier molecular flexibility index (Phi) is 10.1. The third kappa shape index (κ3) is 7.15. The number of rotatable bonds is 10. The van der Waals surface area contributed by atoms with E-state index in [1.807, 2.05) is 48.3 Å². The lowest BCUT2D eigenvalue weighted by atomic mass is 9.50. The lowest BCUT2D eigenvalue weighted by Crippen LogP contribution is -2.56. The second-order valence-electron chi connectivity index (χ2n) is 16.8. The molecule has 0 radical (unpaired) electrons. The Morgan fingerprint density at radius 1 is 1.04 bits per heavy atom. The number of nitrogens with one attached hydrogen (secondary N) is 3. The van der Waals surface area contributed by atoms with Crippen molar-refractivity contribution in [3.05, 3.63) is 113 Å². The monoisotopic (exact) mass is 767 g/mol. The highest BCUT2D eigenvalue weighted by Gasteiger charge is 2.63. The molecule has 7 atom stereocenters. The van der Waals surface area contributed by atoms with E-state index in [4.69, 9.17) is 10.7 Å². The van der Waals surface area contributed by atoms with Crippen molar-refractivity contribution < 1.29 is 14.7 Å². The third-order valence-corrected chi connectivity index (χ3v) is 13.4. The fraction of sp³-hybridized carbons (Fsp3) is 0.422. The zero-order chi connectivity index (χ0) is 40.1. The highest BCUT2D eigenvalue weighted by atomic mass is 16.3. The first-order valence-electron chi connectivity index (χ1n) is 20.1. The van der Waals surface area contributed by atoms with E-state index in [1.165, 1.54) is 5.57 Å². The summed E-state index contributed by atoms with van der Waals surface area (Å²) in [5.74, 6) is 1.06. The Labute approximate surface area is 334 Å². The molecular weight excluding hydrogens is 715 g/mol. The molecule has 4 aliphatic carbocycles. The molecule has 4 aromatic rings. The second kappa shape index (κ2) is 15.0. The van der Waals surface area contributed by atoms with Gasteiger partial charge >= 0.3 is 0 Å². The van der Waals surface area contributed by atoms with Crippen molar-refractivity contribution in [2.45, 2.75) is 71.2 Å². The van der Waals surface area contributed by atoms with Crippen LogP contribution in [0.3, 0.4) is 0 Å². The number of fused-ring (bicyclic) bond motifs is 6. The van der Waals surface area contributed by atoms with Gasteiger partial charge in [0, 0.05) is 43.9 Å². The molecule has 12 nitrogen and oxygen atoms in total. The van der Waals surface area contributed by atoms with Crippen molar-refractivity contribution in [3.8, 4) is 0 Å². The van der Waals surface area contributed by atoms with Gasteiger partial charge in [0.1, 0.15) is 0 Å². The van der Waals surface area contributed by atoms with Crippen LogP contribution in [-0.2, 0) is 24.4 Å². The largest absolute Gasteiger partial charge is 0.389 e. The number of hydrogen-bond acceptors (Lipinski definition) is 10. The lowest BCUT2D eigenvalue weighted by Gasteiger charge is -2.56. The smallest absolute Gasteiger partial charge is 0.251 e. The summed E-state index contributed by atoms with van der Waals surface area (Å²) in [6.07, 6.45) is 13.0. The van der Waals surface area contributed by atoms with Crippen LogP contribution >= 0.6 is 0 Å². The van der Waals surface area contributed by atoms with Gasteiger partial charge in [-0.15, -0.1) is 0 Å². The number of nitrogen functional groups attached to an aromatic ring is 1. The van der Waals surface area contributed by atoms with E-state index < -0.39 is 11.5 Å². The van der Waals surface area contributed by atoms with E-state index in [0.29, 0.717) is 60.4 Å². The minimum Gasteiger partial charge on any atom is -0.389 e. The first-order chi connectivity index (χ1) is 27.4. The second-order valence-corrected chi connectivity index (χ2v) is 16.8. The summed E-state index contributed by atoms with van der Waals surface area (Å²) >= 11 is 0. The number of hydrogen-bond donors (Lipinski definition) is 5. The van der Waals surface area contributed by atoms with E-state index in [9.17, 15) is 14.7 Å². The summed E-state index contributed by atoms with van der Waals surface area (Å²) in [6, 6.07) is 15.3. The van der Waals surface area contributed by atoms with Crippen molar-refractivity contribution in [3.63, 3.8) is 0 Å². The maximum absolute atomic E-state index is 13.9. The first kappa shape index (κ1) is 38.3. The first-order valence-corrected chi connectivity index (χ1v) is 20.1. The predicted octanol–water partition coefficient (Wildman–Crippen LogP) is 6.11. The third-order valence-electron chi connectivity index (χ3n) is 13.4. The fourth-order valence-corrected chi connectivity index (χ4v) is 10.6. The van der Waals surface area contributed by atoms with E-state index in [0.717, 1.165) is 53.8 Å². The molecule has 6 N–H and O–H groups in total. The maximum Gasteiger partial charge on any atom is 0.251 e. The maximum atomic E-state index is 13.9. The summed E-state index contributed by atoms with van der Waals surface area (Å²) in [7, 11) is 3.69. The van der Waals surface area contributed by atoms with Crippen LogP contribution in [0.4, 0.5) is 17.5 Å². The van der Waals surface area contributed by atoms with Gasteiger partial charge in [-0.1, -0.05) is 68.5 Å². The minimum absolute atomic E-state index is 0.00234. The molecule has 0 aliphatic heterocycles. The quantitative estimate of drug-likeness (QED) is 0.127. The van der Waals surface area contributed by atoms with E-state index >= 15 is 0 Å². The zero-order valence-electron chi connectivity index (χ0n) is 33.3. The van der Waals surface area contributed by atoms with Crippen molar-refractivity contribution in [1.29, 1.82) is 0 Å². The standard InChI is InChI=1S/C45H53N9O3/c1-26-15-17-44(3)31(19-26)11-14-34-35(44)16-18-45(57)36(34)20-27(2)37(45)42(56)50-23-29-8-6-7-28(21-29)22-49-41(55)30-9-12-33(13-10-30)54(5)25-32-24-48-40-38(51-32)39(47-4)52-43(46)53-40/h6-10,12-13,15,17,19,21,24,27,34-37,57H,1,11,14,16,18,20,22-23,25H2,2-5H3,(H,49,55)(H,50,56)(H3,46,47,48,52,53)/t27-,34?,35?,36?,37?,44?,45?/m1/s1. The molecule has 3 saturated carbocycles. The van der Waals surface area contributed by atoms with Gasteiger partial charge in [-0.25, -0.2) is 9.97 Å². The molecule has 2 aromatic carbocycles. The number of carbonyl (C=O) groups is 2. The van der Waals surface area contributed by atoms with Gasteiger partial charge in [0.05, 0.1) is 30.0 Å². The summed E-state index contributed by atoms with van der Waals surface area (Å²) in [5, 5.41) is 21.5. The van der Waals surface area contributed by atoms with Crippen LogP contribution in [0, 0.1) is 35.0 Å². The van der Waals surface area contributed by atoms with Crippen LogP contribution in [-0.4, -0.2) is 56.6 Å². The lowest BCUT2D eigenvalue weighted by molar-refractivity contribution is -0.149. The van der Waals surface area contributed by atoms with Gasteiger partial charge in [0.25, 0.3) is 5.91 Å². The van der Waals surface area contributed by atoms with Crippen LogP contribution in [0.1, 0.15) is 73.1 Å². The van der Waals surface area contributed by atoms with Gasteiger partial charge in [-0.05, 0) is 96.7 Å². The Morgan fingerprint density at radius 2 is 1.79 bits per heavy atom. The molecule has 4 aliphatic rings. The molecule has 0 bridgehead atoms. The molecule has 12 heteroatoms. The van der Waals surface area contributed by atoms with Gasteiger partial charge in [0.15, 0.2) is 17.0 Å². The SMILES string of the molecule is C=C1C=CC2(C)C(=C1)CCC1C2CCC2(O)C1C[C@@H](C)C2C(=O)NCc1cccc(CNC(=O)c2ccc(N(C)Cc3cnc4nc(N)nc(NC)c4n3)cc2)c1. The number of nitrogens with two attached hydrogens (primary N) is 1. The van der Waals surface area contributed by atoms with Crippen molar-refractivity contribution >= 4 is 40.4 Å². The zero-order valence-corrected chi connectivity index (χ0v) is 33.3. The molecule has 2 amide bonds. The van der Waals surface area contributed by atoms with Gasteiger partial charge < -0.3 is 31.7 Å². The molecule has 2 aromatic heterocycles. The highest BCUT2D eigenvalue weighted by molar-refractivity contribution is 5.94. The molecule has 0 spiro atoms. The van der Waals surface area contributed by atoms with Gasteiger partial charge in [-0.2, -0.15) is 9.97 Å². The summed E-state index contributed by atoms with van der Waals surface area (Å²) in [5.41, 5.74) is 12.4. The Morgan fingerprint density at radius 3 is 2.54 bits per heavy atom.